The van der Waals surface area contributed by atoms with Crippen molar-refractivity contribution in [3.05, 3.63) is 29.8 Å². The van der Waals surface area contributed by atoms with Gasteiger partial charge in [-0.2, -0.15) is 0 Å². The van der Waals surface area contributed by atoms with E-state index in [0.29, 0.717) is 0 Å². The quantitative estimate of drug-likeness (QED) is 0.683. The molecule has 2 heterocycles. The Labute approximate surface area is 118 Å². The highest BCUT2D eigenvalue weighted by molar-refractivity contribution is 5.91. The summed E-state index contributed by atoms with van der Waals surface area (Å²) in [6.45, 7) is 0.860. The van der Waals surface area contributed by atoms with E-state index in [9.17, 15) is 4.79 Å². The molecule has 0 atom stereocenters. The van der Waals surface area contributed by atoms with E-state index in [2.05, 4.69) is 11.1 Å². The molecule has 4 heteroatoms. The van der Waals surface area contributed by atoms with Crippen LogP contribution in [0.1, 0.15) is 37.7 Å². The van der Waals surface area contributed by atoms with Crippen LogP contribution in [0.5, 0.6) is 5.75 Å². The lowest BCUT2D eigenvalue weighted by molar-refractivity contribution is -0.139. The number of hydrogen-bond acceptors (Lipinski definition) is 4. The van der Waals surface area contributed by atoms with E-state index in [1.54, 1.807) is 0 Å². The van der Waals surface area contributed by atoms with Crippen molar-refractivity contribution in [3.8, 4) is 5.75 Å². The number of esters is 1. The number of nitrogens with zero attached hydrogens (tertiary/aromatic N) is 1. The Hall–Kier alpha value is -1.84. The molecule has 2 aliphatic heterocycles. The first kappa shape index (κ1) is 13.2. The van der Waals surface area contributed by atoms with Crippen molar-refractivity contribution in [1.29, 1.82) is 0 Å². The van der Waals surface area contributed by atoms with Gasteiger partial charge in [0.2, 0.25) is 0 Å². The first-order chi connectivity index (χ1) is 9.80. The van der Waals surface area contributed by atoms with Crippen LogP contribution >= 0.6 is 0 Å². The van der Waals surface area contributed by atoms with Crippen LogP contribution in [0.3, 0.4) is 0 Å². The Bertz CT molecular complexity index is 495. The van der Waals surface area contributed by atoms with Crippen LogP contribution in [0.2, 0.25) is 0 Å². The summed E-state index contributed by atoms with van der Waals surface area (Å²) < 4.78 is 10.0. The second kappa shape index (κ2) is 5.65. The van der Waals surface area contributed by atoms with Crippen molar-refractivity contribution >= 4 is 12.4 Å². The minimum atomic E-state index is -0.460. The van der Waals surface area contributed by atoms with Crippen molar-refractivity contribution < 1.29 is 14.3 Å². The molecule has 1 aromatic carbocycles. The third-order valence-electron chi connectivity index (χ3n) is 4.12. The Kier molecular flexibility index (Phi) is 3.72. The van der Waals surface area contributed by atoms with E-state index >= 15 is 0 Å². The number of cyclic esters (lactones) is 1. The molecule has 1 saturated carbocycles. The van der Waals surface area contributed by atoms with Gasteiger partial charge < -0.3 is 9.47 Å². The predicted octanol–water partition coefficient (Wildman–Crippen LogP) is 2.90. The molecule has 0 bridgehead atoms. The molecule has 4 nitrogen and oxygen atoms in total. The standard InChI is InChI=1S/C8H11NO2.C8H8O/c10-7-8(9-6-11-7)4-2-1-3-5-8;1-2-4-8-7(3-1)5-6-9-8/h6H,1-5H2;1-4H,5-6H2. The van der Waals surface area contributed by atoms with E-state index in [-0.39, 0.29) is 5.97 Å². The van der Waals surface area contributed by atoms with E-state index in [0.717, 1.165) is 44.5 Å². The number of fused-ring (bicyclic) bond motifs is 1. The topological polar surface area (TPSA) is 47.9 Å². The zero-order chi connectivity index (χ0) is 13.8. The summed E-state index contributed by atoms with van der Waals surface area (Å²) in [4.78, 5) is 15.3. The van der Waals surface area contributed by atoms with Crippen LogP contribution in [-0.2, 0) is 16.0 Å². The second-order valence-corrected chi connectivity index (χ2v) is 5.44. The van der Waals surface area contributed by atoms with Crippen LogP contribution in [0.4, 0.5) is 0 Å². The fraction of sp³-hybridized carbons (Fsp3) is 0.500. The van der Waals surface area contributed by atoms with Gasteiger partial charge in [0.1, 0.15) is 5.75 Å². The normalized spacial score (nSPS) is 21.7. The number of aliphatic imine (C=N–C) groups is 1. The molecule has 1 aliphatic carbocycles. The fourth-order valence-electron chi connectivity index (χ4n) is 2.93. The fourth-order valence-corrected chi connectivity index (χ4v) is 2.93. The molecule has 3 aliphatic rings. The smallest absolute Gasteiger partial charge is 0.340 e. The molecule has 0 aromatic heterocycles. The number of hydrogen-bond donors (Lipinski definition) is 0. The number of ether oxygens (including phenoxy) is 2. The molecule has 106 valence electrons. The number of para-hydroxylation sites is 1. The maximum absolute atomic E-state index is 11.2. The molecular weight excluding hydrogens is 254 g/mol. The molecular formula is C16H19NO3. The molecule has 0 radical (unpaired) electrons. The molecule has 0 amide bonds. The molecule has 20 heavy (non-hydrogen) atoms. The van der Waals surface area contributed by atoms with E-state index in [4.69, 9.17) is 9.47 Å². The van der Waals surface area contributed by atoms with Gasteiger partial charge in [-0.3, -0.25) is 0 Å². The first-order valence-electron chi connectivity index (χ1n) is 7.26. The van der Waals surface area contributed by atoms with Gasteiger partial charge in [0, 0.05) is 6.42 Å². The minimum absolute atomic E-state index is 0.141. The minimum Gasteiger partial charge on any atom is -0.493 e. The van der Waals surface area contributed by atoms with Crippen molar-refractivity contribution in [2.24, 2.45) is 4.99 Å². The summed E-state index contributed by atoms with van der Waals surface area (Å²) in [5.41, 5.74) is 0.885. The van der Waals surface area contributed by atoms with Gasteiger partial charge >= 0.3 is 5.97 Å². The summed E-state index contributed by atoms with van der Waals surface area (Å²) in [6.07, 6.45) is 7.57. The zero-order valence-corrected chi connectivity index (χ0v) is 11.5. The summed E-state index contributed by atoms with van der Waals surface area (Å²) in [6, 6.07) is 8.18. The molecule has 0 unspecified atom stereocenters. The summed E-state index contributed by atoms with van der Waals surface area (Å²) in [5, 5.41) is 0. The Morgan fingerprint density at radius 3 is 2.60 bits per heavy atom. The first-order valence-corrected chi connectivity index (χ1v) is 7.26. The third-order valence-corrected chi connectivity index (χ3v) is 4.12. The lowest BCUT2D eigenvalue weighted by Crippen LogP contribution is -2.35. The number of rotatable bonds is 0. The zero-order valence-electron chi connectivity index (χ0n) is 11.5. The van der Waals surface area contributed by atoms with Crippen LogP contribution in [0, 0.1) is 0 Å². The van der Waals surface area contributed by atoms with Crippen molar-refractivity contribution in [1.82, 2.24) is 0 Å². The van der Waals surface area contributed by atoms with Gasteiger partial charge in [0.25, 0.3) is 0 Å². The molecule has 1 spiro atoms. The molecule has 1 fully saturated rings. The lowest BCUT2D eigenvalue weighted by atomic mass is 9.83. The van der Waals surface area contributed by atoms with Crippen molar-refractivity contribution in [2.45, 2.75) is 44.1 Å². The average Bonchev–Trinajstić information content (AvgIpc) is 3.09. The molecule has 0 N–H and O–H groups in total. The van der Waals surface area contributed by atoms with Crippen molar-refractivity contribution in [3.63, 3.8) is 0 Å². The lowest BCUT2D eigenvalue weighted by Gasteiger charge is -2.25. The predicted molar refractivity (Wildman–Crippen MR) is 76.0 cm³/mol. The largest absolute Gasteiger partial charge is 0.493 e. The van der Waals surface area contributed by atoms with E-state index < -0.39 is 5.54 Å². The highest BCUT2D eigenvalue weighted by Crippen LogP contribution is 2.34. The maximum Gasteiger partial charge on any atom is 0.340 e. The Morgan fingerprint density at radius 2 is 1.90 bits per heavy atom. The number of carbonyl (C=O) groups is 1. The highest BCUT2D eigenvalue weighted by atomic mass is 16.5. The SMILES string of the molecule is O=C1OC=NC12CCCCC2.c1ccc2c(c1)CCO2. The van der Waals surface area contributed by atoms with Gasteiger partial charge in [-0.05, 0) is 24.5 Å². The van der Waals surface area contributed by atoms with Gasteiger partial charge in [-0.25, -0.2) is 9.79 Å². The van der Waals surface area contributed by atoms with Gasteiger partial charge in [0.15, 0.2) is 11.9 Å². The van der Waals surface area contributed by atoms with Gasteiger partial charge in [0.05, 0.1) is 6.61 Å². The average molecular weight is 273 g/mol. The van der Waals surface area contributed by atoms with Gasteiger partial charge in [-0.15, -0.1) is 0 Å². The summed E-state index contributed by atoms with van der Waals surface area (Å²) >= 11 is 0. The summed E-state index contributed by atoms with van der Waals surface area (Å²) in [7, 11) is 0. The molecule has 4 rings (SSSR count). The van der Waals surface area contributed by atoms with Gasteiger partial charge in [-0.1, -0.05) is 37.5 Å². The second-order valence-electron chi connectivity index (χ2n) is 5.44. The number of benzene rings is 1. The third kappa shape index (κ3) is 2.55. The molecule has 0 saturated heterocycles. The molecule has 1 aromatic rings. The Balaban J connectivity index is 0.000000123. The van der Waals surface area contributed by atoms with E-state index in [1.807, 2.05) is 18.2 Å². The van der Waals surface area contributed by atoms with Crippen LogP contribution in [-0.4, -0.2) is 24.5 Å². The van der Waals surface area contributed by atoms with Crippen molar-refractivity contribution in [2.75, 3.05) is 6.61 Å². The maximum atomic E-state index is 11.2. The highest BCUT2D eigenvalue weighted by Gasteiger charge is 2.43. The number of carbonyl (C=O) groups excluding carboxylic acids is 1. The van der Waals surface area contributed by atoms with Crippen LogP contribution in [0.25, 0.3) is 0 Å². The van der Waals surface area contributed by atoms with Crippen LogP contribution < -0.4 is 4.74 Å². The van der Waals surface area contributed by atoms with Crippen LogP contribution in [0.15, 0.2) is 29.3 Å². The Morgan fingerprint density at radius 1 is 1.10 bits per heavy atom. The summed E-state index contributed by atoms with van der Waals surface area (Å²) in [5.74, 6) is 0.926. The van der Waals surface area contributed by atoms with E-state index in [1.165, 1.54) is 18.4 Å². The monoisotopic (exact) mass is 273 g/mol.